The van der Waals surface area contributed by atoms with Gasteiger partial charge < -0.3 is 10.7 Å². The first-order valence-electron chi connectivity index (χ1n) is 7.59. The van der Waals surface area contributed by atoms with Gasteiger partial charge in [-0.2, -0.15) is 11.8 Å². The first kappa shape index (κ1) is 16.4. The van der Waals surface area contributed by atoms with Gasteiger partial charge in [-0.1, -0.05) is 33.6 Å². The molecular formula is C15H27N5S. The van der Waals surface area contributed by atoms with E-state index >= 15 is 0 Å². The van der Waals surface area contributed by atoms with Crippen LogP contribution in [0.15, 0.2) is 6.07 Å². The molecule has 0 aliphatic heterocycles. The Kier molecular flexibility index (Phi) is 5.32. The molecule has 2 atom stereocenters. The standard InChI is InChI=1S/C15H27N5S/c1-15(2,3)14-18-12(9-13(19-14)20-16)17-10-7-5-6-8-11(10)21-4/h9-11H,5-8,16H2,1-4H3,(H2,17,18,19,20). The molecule has 0 bridgehead atoms. The molecule has 1 aromatic heterocycles. The second-order valence-electron chi connectivity index (χ2n) is 6.67. The van der Waals surface area contributed by atoms with Crippen LogP contribution in [0.25, 0.3) is 0 Å². The third kappa shape index (κ3) is 4.23. The highest BCUT2D eigenvalue weighted by atomic mass is 32.2. The summed E-state index contributed by atoms with van der Waals surface area (Å²) < 4.78 is 0. The number of hydrazine groups is 1. The molecule has 0 amide bonds. The lowest BCUT2D eigenvalue weighted by Crippen LogP contribution is -2.35. The summed E-state index contributed by atoms with van der Waals surface area (Å²) in [5, 5.41) is 4.26. The normalized spacial score (nSPS) is 22.9. The molecule has 1 aliphatic carbocycles. The van der Waals surface area contributed by atoms with Gasteiger partial charge in [0.2, 0.25) is 0 Å². The van der Waals surface area contributed by atoms with E-state index in [9.17, 15) is 0 Å². The van der Waals surface area contributed by atoms with Crippen molar-refractivity contribution in [1.82, 2.24) is 9.97 Å². The minimum absolute atomic E-state index is 0.102. The first-order valence-corrected chi connectivity index (χ1v) is 8.88. The highest BCUT2D eigenvalue weighted by Crippen LogP contribution is 2.30. The van der Waals surface area contributed by atoms with Crippen LogP contribution >= 0.6 is 11.8 Å². The predicted molar refractivity (Wildman–Crippen MR) is 91.7 cm³/mol. The van der Waals surface area contributed by atoms with E-state index in [1.165, 1.54) is 25.7 Å². The molecule has 5 nitrogen and oxygen atoms in total. The molecule has 1 fully saturated rings. The first-order chi connectivity index (χ1) is 9.94. The maximum absolute atomic E-state index is 5.55. The Bertz CT molecular complexity index is 472. The summed E-state index contributed by atoms with van der Waals surface area (Å²) in [6, 6.07) is 2.36. The van der Waals surface area contributed by atoms with E-state index in [2.05, 4.69) is 47.7 Å². The van der Waals surface area contributed by atoms with Crippen LogP contribution in [0.4, 0.5) is 11.6 Å². The van der Waals surface area contributed by atoms with E-state index in [0.717, 1.165) is 11.6 Å². The third-order valence-electron chi connectivity index (χ3n) is 3.88. The zero-order valence-electron chi connectivity index (χ0n) is 13.4. The van der Waals surface area contributed by atoms with Gasteiger partial charge in [-0.25, -0.2) is 15.8 Å². The van der Waals surface area contributed by atoms with Crippen molar-refractivity contribution in [2.45, 2.75) is 63.2 Å². The van der Waals surface area contributed by atoms with Crippen LogP contribution in [0.1, 0.15) is 52.3 Å². The van der Waals surface area contributed by atoms with E-state index in [4.69, 9.17) is 5.84 Å². The van der Waals surface area contributed by atoms with E-state index < -0.39 is 0 Å². The maximum atomic E-state index is 5.55. The van der Waals surface area contributed by atoms with E-state index in [1.54, 1.807) is 0 Å². The van der Waals surface area contributed by atoms with Gasteiger partial charge in [-0.15, -0.1) is 0 Å². The Labute approximate surface area is 131 Å². The highest BCUT2D eigenvalue weighted by Gasteiger charge is 2.25. The average molecular weight is 309 g/mol. The summed E-state index contributed by atoms with van der Waals surface area (Å²) in [7, 11) is 0. The monoisotopic (exact) mass is 309 g/mol. The second kappa shape index (κ2) is 6.83. The highest BCUT2D eigenvalue weighted by molar-refractivity contribution is 7.99. The molecule has 0 radical (unpaired) electrons. The molecule has 1 aromatic rings. The van der Waals surface area contributed by atoms with E-state index in [-0.39, 0.29) is 5.41 Å². The summed E-state index contributed by atoms with van der Waals surface area (Å²) in [5.74, 6) is 7.88. The zero-order valence-corrected chi connectivity index (χ0v) is 14.3. The van der Waals surface area contributed by atoms with Crippen molar-refractivity contribution in [2.75, 3.05) is 17.0 Å². The Hall–Kier alpha value is -1.01. The number of rotatable bonds is 4. The molecule has 0 spiro atoms. The van der Waals surface area contributed by atoms with Crippen LogP contribution < -0.4 is 16.6 Å². The minimum atomic E-state index is -0.102. The van der Waals surface area contributed by atoms with Crippen LogP contribution in [-0.2, 0) is 5.41 Å². The topological polar surface area (TPSA) is 75.9 Å². The number of aromatic nitrogens is 2. The lowest BCUT2D eigenvalue weighted by molar-refractivity contribution is 0.473. The van der Waals surface area contributed by atoms with Crippen molar-refractivity contribution >= 4 is 23.4 Å². The number of nitrogens with one attached hydrogen (secondary N) is 2. The molecule has 1 heterocycles. The van der Waals surface area contributed by atoms with Gasteiger partial charge in [0.05, 0.1) is 0 Å². The van der Waals surface area contributed by atoms with Crippen LogP contribution in [0, 0.1) is 0 Å². The van der Waals surface area contributed by atoms with Crippen LogP contribution in [0.3, 0.4) is 0 Å². The van der Waals surface area contributed by atoms with Crippen LogP contribution in [0.5, 0.6) is 0 Å². The Morgan fingerprint density at radius 1 is 1.19 bits per heavy atom. The molecule has 0 saturated heterocycles. The lowest BCUT2D eigenvalue weighted by atomic mass is 9.94. The summed E-state index contributed by atoms with van der Waals surface area (Å²) in [6.45, 7) is 6.33. The fraction of sp³-hybridized carbons (Fsp3) is 0.733. The summed E-state index contributed by atoms with van der Waals surface area (Å²) >= 11 is 1.95. The smallest absolute Gasteiger partial charge is 0.145 e. The Morgan fingerprint density at radius 3 is 2.48 bits per heavy atom. The quantitative estimate of drug-likeness (QED) is 0.586. The van der Waals surface area contributed by atoms with E-state index in [1.807, 2.05) is 17.8 Å². The molecule has 2 unspecified atom stereocenters. The number of nitrogens with zero attached hydrogens (tertiary/aromatic N) is 2. The number of hydrogen-bond acceptors (Lipinski definition) is 6. The molecule has 0 aromatic carbocycles. The van der Waals surface area contributed by atoms with Gasteiger partial charge in [0, 0.05) is 22.8 Å². The summed E-state index contributed by atoms with van der Waals surface area (Å²) in [6.07, 6.45) is 7.28. The van der Waals surface area contributed by atoms with Crippen molar-refractivity contribution < 1.29 is 0 Å². The van der Waals surface area contributed by atoms with E-state index in [0.29, 0.717) is 17.1 Å². The van der Waals surface area contributed by atoms with Crippen molar-refractivity contribution in [3.63, 3.8) is 0 Å². The number of thioether (sulfide) groups is 1. The molecule has 21 heavy (non-hydrogen) atoms. The predicted octanol–water partition coefficient (Wildman–Crippen LogP) is 3.15. The lowest BCUT2D eigenvalue weighted by Gasteiger charge is -2.31. The minimum Gasteiger partial charge on any atom is -0.366 e. The van der Waals surface area contributed by atoms with Gasteiger partial charge in [0.1, 0.15) is 17.5 Å². The fourth-order valence-corrected chi connectivity index (χ4v) is 3.60. The fourth-order valence-electron chi connectivity index (χ4n) is 2.66. The van der Waals surface area contributed by atoms with Crippen LogP contribution in [-0.4, -0.2) is 27.5 Å². The largest absolute Gasteiger partial charge is 0.366 e. The summed E-state index contributed by atoms with van der Waals surface area (Å²) in [4.78, 5) is 9.15. The molecule has 2 rings (SSSR count). The molecule has 6 heteroatoms. The van der Waals surface area contributed by atoms with Crippen molar-refractivity contribution in [3.8, 4) is 0 Å². The summed E-state index contributed by atoms with van der Waals surface area (Å²) in [5.41, 5.74) is 2.54. The molecule has 4 N–H and O–H groups in total. The van der Waals surface area contributed by atoms with Crippen molar-refractivity contribution in [1.29, 1.82) is 0 Å². The molecule has 1 saturated carbocycles. The third-order valence-corrected chi connectivity index (χ3v) is 5.05. The average Bonchev–Trinajstić information content (AvgIpc) is 2.46. The molecular weight excluding hydrogens is 282 g/mol. The number of nitrogen functional groups attached to an aromatic ring is 1. The zero-order chi connectivity index (χ0) is 15.5. The van der Waals surface area contributed by atoms with Crippen molar-refractivity contribution in [2.24, 2.45) is 5.84 Å². The maximum Gasteiger partial charge on any atom is 0.145 e. The number of hydrogen-bond donors (Lipinski definition) is 3. The van der Waals surface area contributed by atoms with Gasteiger partial charge in [0.15, 0.2) is 0 Å². The second-order valence-corrected chi connectivity index (χ2v) is 7.74. The van der Waals surface area contributed by atoms with Gasteiger partial charge in [-0.3, -0.25) is 0 Å². The van der Waals surface area contributed by atoms with Gasteiger partial charge >= 0.3 is 0 Å². The number of anilines is 2. The molecule has 118 valence electrons. The van der Waals surface area contributed by atoms with Crippen LogP contribution in [0.2, 0.25) is 0 Å². The van der Waals surface area contributed by atoms with Crippen molar-refractivity contribution in [3.05, 3.63) is 11.9 Å². The molecule has 1 aliphatic rings. The Morgan fingerprint density at radius 2 is 1.86 bits per heavy atom. The van der Waals surface area contributed by atoms with Gasteiger partial charge in [-0.05, 0) is 19.1 Å². The van der Waals surface area contributed by atoms with Gasteiger partial charge in [0.25, 0.3) is 0 Å². The number of nitrogens with two attached hydrogens (primary N) is 1. The SMILES string of the molecule is CSC1CCCCC1Nc1cc(NN)nc(C(C)(C)C)n1. The Balaban J connectivity index is 2.22.